The number of amides is 2. The highest BCUT2D eigenvalue weighted by molar-refractivity contribution is 7.92. The third kappa shape index (κ3) is 8.07. The van der Waals surface area contributed by atoms with Gasteiger partial charge in [0.2, 0.25) is 11.8 Å². The molecule has 10 heteroatoms. The molecule has 8 nitrogen and oxygen atoms in total. The lowest BCUT2D eigenvalue weighted by Crippen LogP contribution is -2.55. The highest BCUT2D eigenvalue weighted by Gasteiger charge is 2.34. The van der Waals surface area contributed by atoms with Crippen LogP contribution in [0.3, 0.4) is 0 Å². The number of nitrogens with one attached hydrogen (secondary N) is 1. The van der Waals surface area contributed by atoms with E-state index in [4.69, 9.17) is 4.74 Å². The zero-order valence-electron chi connectivity index (χ0n) is 24.3. The smallest absolute Gasteiger partial charge is 0.264 e. The average molecular weight is 584 g/mol. The van der Waals surface area contributed by atoms with Crippen molar-refractivity contribution < 1.29 is 27.1 Å². The van der Waals surface area contributed by atoms with Gasteiger partial charge in [0, 0.05) is 12.1 Å². The number of sulfonamides is 1. The molecular formula is C31H38FN3O5S. The first-order chi connectivity index (χ1) is 19.3. The molecule has 3 aromatic carbocycles. The molecule has 0 aromatic heterocycles. The van der Waals surface area contributed by atoms with Crippen LogP contribution in [-0.4, -0.2) is 50.4 Å². The number of carbonyl (C=O) groups excluding carboxylic acids is 2. The number of rotatable bonds is 11. The van der Waals surface area contributed by atoms with Crippen LogP contribution < -0.4 is 14.4 Å². The predicted octanol–water partition coefficient (Wildman–Crippen LogP) is 5.06. The van der Waals surface area contributed by atoms with Crippen molar-refractivity contribution in [2.24, 2.45) is 0 Å². The Morgan fingerprint density at radius 3 is 2.12 bits per heavy atom. The molecule has 0 spiro atoms. The Morgan fingerprint density at radius 1 is 0.976 bits per heavy atom. The molecule has 0 saturated carbocycles. The predicted molar refractivity (Wildman–Crippen MR) is 158 cm³/mol. The standard InChI is InChI=1S/C31H38FN3O5S/c1-7-28(30(37)33-31(3,4)5)34(20-23-11-9-8-10-22(23)2)29(36)21-35(25-14-12-24(32)13-15-25)41(38,39)27-18-16-26(40-6)17-19-27/h8-19,28H,7,20-21H2,1-6H3,(H,33,37)/t28-/m0/s1. The molecule has 3 rings (SSSR count). The van der Waals surface area contributed by atoms with Gasteiger partial charge in [-0.15, -0.1) is 0 Å². The molecule has 0 saturated heterocycles. The van der Waals surface area contributed by atoms with Crippen molar-refractivity contribution >= 4 is 27.5 Å². The van der Waals surface area contributed by atoms with Gasteiger partial charge >= 0.3 is 0 Å². The largest absolute Gasteiger partial charge is 0.497 e. The summed E-state index contributed by atoms with van der Waals surface area (Å²) in [5.74, 6) is -1.000. The number of benzene rings is 3. The van der Waals surface area contributed by atoms with Crippen molar-refractivity contribution in [2.45, 2.75) is 64.1 Å². The number of hydrogen-bond donors (Lipinski definition) is 1. The normalized spacial score (nSPS) is 12.4. The van der Waals surface area contributed by atoms with E-state index in [1.165, 1.54) is 48.4 Å². The van der Waals surface area contributed by atoms with Crippen LogP contribution in [0.4, 0.5) is 10.1 Å². The fourth-order valence-corrected chi connectivity index (χ4v) is 5.77. The van der Waals surface area contributed by atoms with Crippen LogP contribution >= 0.6 is 0 Å². The molecule has 2 amide bonds. The monoisotopic (exact) mass is 583 g/mol. The zero-order chi connectivity index (χ0) is 30.4. The van der Waals surface area contributed by atoms with Crippen LogP contribution in [0.2, 0.25) is 0 Å². The van der Waals surface area contributed by atoms with Gasteiger partial charge in [0.1, 0.15) is 24.2 Å². The molecule has 1 atom stereocenters. The number of anilines is 1. The minimum atomic E-state index is -4.28. The number of carbonyl (C=O) groups is 2. The van der Waals surface area contributed by atoms with E-state index in [0.717, 1.165) is 27.6 Å². The van der Waals surface area contributed by atoms with Gasteiger partial charge in [-0.1, -0.05) is 31.2 Å². The first-order valence-corrected chi connectivity index (χ1v) is 14.8. The van der Waals surface area contributed by atoms with Crippen LogP contribution in [-0.2, 0) is 26.2 Å². The number of hydrogen-bond acceptors (Lipinski definition) is 5. The fourth-order valence-electron chi connectivity index (χ4n) is 4.35. The molecule has 0 radical (unpaired) electrons. The minimum Gasteiger partial charge on any atom is -0.497 e. The van der Waals surface area contributed by atoms with Gasteiger partial charge in [0.15, 0.2) is 0 Å². The first kappa shape index (κ1) is 31.6. The Balaban J connectivity index is 2.08. The van der Waals surface area contributed by atoms with Gasteiger partial charge in [-0.2, -0.15) is 0 Å². The Morgan fingerprint density at radius 2 is 1.59 bits per heavy atom. The summed E-state index contributed by atoms with van der Waals surface area (Å²) in [5.41, 5.74) is 1.32. The van der Waals surface area contributed by atoms with E-state index in [1.807, 2.05) is 52.0 Å². The molecule has 0 bridgehead atoms. The van der Waals surface area contributed by atoms with Crippen molar-refractivity contribution in [3.63, 3.8) is 0 Å². The molecule has 3 aromatic rings. The molecule has 41 heavy (non-hydrogen) atoms. The van der Waals surface area contributed by atoms with Gasteiger partial charge in [0.05, 0.1) is 17.7 Å². The second kappa shape index (κ2) is 13.2. The number of methoxy groups -OCH3 is 1. The maximum atomic E-state index is 14.1. The lowest BCUT2D eigenvalue weighted by atomic mass is 10.0. The summed E-state index contributed by atoms with van der Waals surface area (Å²) in [7, 11) is -2.81. The molecule has 0 aliphatic heterocycles. The van der Waals surface area contributed by atoms with E-state index in [2.05, 4.69) is 5.32 Å². The van der Waals surface area contributed by atoms with Crippen molar-refractivity contribution in [1.82, 2.24) is 10.2 Å². The molecule has 0 fully saturated rings. The minimum absolute atomic E-state index is 0.0709. The third-order valence-corrected chi connectivity index (χ3v) is 8.32. The highest BCUT2D eigenvalue weighted by atomic mass is 32.2. The van der Waals surface area contributed by atoms with Crippen molar-refractivity contribution in [3.05, 3.63) is 89.7 Å². The summed E-state index contributed by atoms with van der Waals surface area (Å²) in [6.45, 7) is 8.76. The summed E-state index contributed by atoms with van der Waals surface area (Å²) < 4.78 is 47.7. The number of aryl methyl sites for hydroxylation is 1. The molecule has 220 valence electrons. The third-order valence-electron chi connectivity index (χ3n) is 6.53. The maximum absolute atomic E-state index is 14.1. The summed E-state index contributed by atoms with van der Waals surface area (Å²) in [6, 6.07) is 17.3. The lowest BCUT2D eigenvalue weighted by Gasteiger charge is -2.35. The molecule has 0 unspecified atom stereocenters. The Kier molecular flexibility index (Phi) is 10.1. The highest BCUT2D eigenvalue weighted by Crippen LogP contribution is 2.26. The molecule has 0 aliphatic rings. The van der Waals surface area contributed by atoms with Crippen LogP contribution in [0.1, 0.15) is 45.2 Å². The van der Waals surface area contributed by atoms with Crippen molar-refractivity contribution in [1.29, 1.82) is 0 Å². The molecule has 1 N–H and O–H groups in total. The fraction of sp³-hybridized carbons (Fsp3) is 0.355. The molecule has 0 heterocycles. The maximum Gasteiger partial charge on any atom is 0.264 e. The van der Waals surface area contributed by atoms with Crippen molar-refractivity contribution in [2.75, 3.05) is 18.0 Å². The number of ether oxygens (including phenoxy) is 1. The Bertz CT molecular complexity index is 1450. The number of nitrogens with zero attached hydrogens (tertiary/aromatic N) is 2. The average Bonchev–Trinajstić information content (AvgIpc) is 2.92. The van der Waals surface area contributed by atoms with Crippen molar-refractivity contribution in [3.8, 4) is 5.75 Å². The van der Waals surface area contributed by atoms with Crippen LogP contribution in [0, 0.1) is 12.7 Å². The summed E-state index contributed by atoms with van der Waals surface area (Å²) >= 11 is 0. The van der Waals surface area contributed by atoms with E-state index in [0.29, 0.717) is 12.2 Å². The van der Waals surface area contributed by atoms with E-state index in [-0.39, 0.29) is 23.0 Å². The van der Waals surface area contributed by atoms with Gasteiger partial charge in [-0.25, -0.2) is 12.8 Å². The Labute approximate surface area is 242 Å². The first-order valence-electron chi connectivity index (χ1n) is 13.3. The lowest BCUT2D eigenvalue weighted by molar-refractivity contribution is -0.141. The molecule has 0 aliphatic carbocycles. The second-order valence-corrected chi connectivity index (χ2v) is 12.6. The topological polar surface area (TPSA) is 96.0 Å². The van der Waals surface area contributed by atoms with Gasteiger partial charge < -0.3 is 15.0 Å². The van der Waals surface area contributed by atoms with Crippen LogP contribution in [0.15, 0.2) is 77.7 Å². The van der Waals surface area contributed by atoms with E-state index in [9.17, 15) is 22.4 Å². The van der Waals surface area contributed by atoms with E-state index >= 15 is 0 Å². The van der Waals surface area contributed by atoms with Crippen LogP contribution in [0.25, 0.3) is 0 Å². The summed E-state index contributed by atoms with van der Waals surface area (Å²) in [5, 5.41) is 2.95. The van der Waals surface area contributed by atoms with Gasteiger partial charge in [-0.05, 0) is 93.8 Å². The Hall–Kier alpha value is -3.92. The second-order valence-electron chi connectivity index (χ2n) is 10.8. The van der Waals surface area contributed by atoms with Gasteiger partial charge in [0.25, 0.3) is 10.0 Å². The van der Waals surface area contributed by atoms with Crippen LogP contribution in [0.5, 0.6) is 5.75 Å². The summed E-state index contributed by atoms with van der Waals surface area (Å²) in [4.78, 5) is 28.8. The summed E-state index contributed by atoms with van der Waals surface area (Å²) in [6.07, 6.45) is 0.307. The number of halogens is 1. The zero-order valence-corrected chi connectivity index (χ0v) is 25.2. The van der Waals surface area contributed by atoms with E-state index in [1.54, 1.807) is 6.92 Å². The van der Waals surface area contributed by atoms with E-state index < -0.39 is 39.9 Å². The van der Waals surface area contributed by atoms with Gasteiger partial charge in [-0.3, -0.25) is 13.9 Å². The quantitative estimate of drug-likeness (QED) is 0.341. The SMILES string of the molecule is CC[C@@H](C(=O)NC(C)(C)C)N(Cc1ccccc1C)C(=O)CN(c1ccc(F)cc1)S(=O)(=O)c1ccc(OC)cc1. The molecular weight excluding hydrogens is 545 g/mol.